The molecule has 2 rings (SSSR count). The molecule has 110 valence electrons. The Morgan fingerprint density at radius 2 is 2.30 bits per heavy atom. The van der Waals surface area contributed by atoms with Crippen LogP contribution in [0.5, 0.6) is 0 Å². The van der Waals surface area contributed by atoms with Crippen LogP contribution in [0.1, 0.15) is 43.7 Å². The Balaban J connectivity index is 2.05. The highest BCUT2D eigenvalue weighted by atomic mass is 32.2. The average Bonchev–Trinajstić information content (AvgIpc) is 2.45. The Morgan fingerprint density at radius 1 is 1.50 bits per heavy atom. The standard InChI is InChI=1S/C15H21FN2OS/c1-10-3-2-4-13(7-10)20-9-11-5-6-12(16)8-14(11)15(17)18-19/h5-6,8,10,13,19H,2-4,7,9H2,1H3,(H2,17,18). The van der Waals surface area contributed by atoms with Gasteiger partial charge in [0.15, 0.2) is 5.84 Å². The van der Waals surface area contributed by atoms with E-state index in [2.05, 4.69) is 12.1 Å². The summed E-state index contributed by atoms with van der Waals surface area (Å²) in [6.45, 7) is 2.30. The molecule has 0 heterocycles. The molecule has 2 unspecified atom stereocenters. The molecule has 0 amide bonds. The van der Waals surface area contributed by atoms with Crippen LogP contribution in [0.4, 0.5) is 4.39 Å². The van der Waals surface area contributed by atoms with Crippen molar-refractivity contribution in [1.29, 1.82) is 0 Å². The van der Waals surface area contributed by atoms with Gasteiger partial charge < -0.3 is 10.9 Å². The number of benzene rings is 1. The zero-order valence-electron chi connectivity index (χ0n) is 11.7. The van der Waals surface area contributed by atoms with Crippen molar-refractivity contribution >= 4 is 17.6 Å². The number of nitrogens with zero attached hydrogens (tertiary/aromatic N) is 1. The van der Waals surface area contributed by atoms with Crippen molar-refractivity contribution < 1.29 is 9.60 Å². The second-order valence-electron chi connectivity index (χ2n) is 5.49. The number of halogens is 1. The SMILES string of the molecule is CC1CCCC(SCc2ccc(F)cc2C(N)=NO)C1. The van der Waals surface area contributed by atoms with Gasteiger partial charge in [-0.1, -0.05) is 31.0 Å². The summed E-state index contributed by atoms with van der Waals surface area (Å²) in [7, 11) is 0. The second kappa shape index (κ2) is 6.97. The molecule has 1 aromatic rings. The summed E-state index contributed by atoms with van der Waals surface area (Å²) in [6.07, 6.45) is 5.10. The molecule has 0 saturated heterocycles. The van der Waals surface area contributed by atoms with E-state index >= 15 is 0 Å². The van der Waals surface area contributed by atoms with Gasteiger partial charge in [-0.25, -0.2) is 4.39 Å². The van der Waals surface area contributed by atoms with Crippen molar-refractivity contribution in [1.82, 2.24) is 0 Å². The maximum absolute atomic E-state index is 13.3. The van der Waals surface area contributed by atoms with Gasteiger partial charge in [-0.15, -0.1) is 0 Å². The fraction of sp³-hybridized carbons (Fsp3) is 0.533. The lowest BCUT2D eigenvalue weighted by atomic mass is 9.91. The van der Waals surface area contributed by atoms with Crippen LogP contribution in [0.25, 0.3) is 0 Å². The van der Waals surface area contributed by atoms with Crippen LogP contribution in [0.15, 0.2) is 23.4 Å². The van der Waals surface area contributed by atoms with Crippen molar-refractivity contribution in [2.75, 3.05) is 0 Å². The Hall–Kier alpha value is -1.23. The van der Waals surface area contributed by atoms with Crippen molar-refractivity contribution in [2.24, 2.45) is 16.8 Å². The molecule has 0 bridgehead atoms. The molecule has 0 aliphatic heterocycles. The Kier molecular flexibility index (Phi) is 5.29. The van der Waals surface area contributed by atoms with Gasteiger partial charge in [0.05, 0.1) is 0 Å². The fourth-order valence-electron chi connectivity index (χ4n) is 2.70. The maximum Gasteiger partial charge on any atom is 0.170 e. The number of hydrogen-bond donors (Lipinski definition) is 2. The van der Waals surface area contributed by atoms with Gasteiger partial charge in [0, 0.05) is 16.6 Å². The van der Waals surface area contributed by atoms with Crippen LogP contribution in [0.2, 0.25) is 0 Å². The Labute approximate surface area is 123 Å². The third-order valence-electron chi connectivity index (χ3n) is 3.82. The molecular formula is C15H21FN2OS. The summed E-state index contributed by atoms with van der Waals surface area (Å²) < 4.78 is 13.3. The summed E-state index contributed by atoms with van der Waals surface area (Å²) in [5, 5.41) is 12.4. The van der Waals surface area contributed by atoms with Gasteiger partial charge in [0.2, 0.25) is 0 Å². The highest BCUT2D eigenvalue weighted by Crippen LogP contribution is 2.34. The van der Waals surface area contributed by atoms with Crippen LogP contribution in [-0.4, -0.2) is 16.3 Å². The normalized spacial score (nSPS) is 23.8. The first kappa shape index (κ1) is 15.2. The molecule has 20 heavy (non-hydrogen) atoms. The van der Waals surface area contributed by atoms with E-state index in [0.717, 1.165) is 17.2 Å². The highest BCUT2D eigenvalue weighted by molar-refractivity contribution is 7.99. The van der Waals surface area contributed by atoms with Crippen LogP contribution in [0.3, 0.4) is 0 Å². The van der Waals surface area contributed by atoms with Gasteiger partial charge in [-0.2, -0.15) is 11.8 Å². The molecule has 2 atom stereocenters. The highest BCUT2D eigenvalue weighted by Gasteiger charge is 2.20. The zero-order valence-corrected chi connectivity index (χ0v) is 12.5. The van der Waals surface area contributed by atoms with E-state index in [1.807, 2.05) is 11.8 Å². The van der Waals surface area contributed by atoms with E-state index in [9.17, 15) is 4.39 Å². The molecular weight excluding hydrogens is 275 g/mol. The molecule has 1 aliphatic rings. The smallest absolute Gasteiger partial charge is 0.170 e. The topological polar surface area (TPSA) is 58.6 Å². The number of amidine groups is 1. The van der Waals surface area contributed by atoms with E-state index in [0.29, 0.717) is 10.8 Å². The van der Waals surface area contributed by atoms with Crippen molar-refractivity contribution in [3.05, 3.63) is 35.1 Å². The molecule has 5 heteroatoms. The van der Waals surface area contributed by atoms with Gasteiger partial charge in [-0.05, 0) is 36.5 Å². The lowest BCUT2D eigenvalue weighted by Gasteiger charge is -2.26. The summed E-state index contributed by atoms with van der Waals surface area (Å²) in [5.41, 5.74) is 7.03. The molecule has 1 aromatic carbocycles. The first-order valence-corrected chi connectivity index (χ1v) is 8.03. The molecule has 1 aliphatic carbocycles. The number of thioether (sulfide) groups is 1. The minimum Gasteiger partial charge on any atom is -0.409 e. The maximum atomic E-state index is 13.3. The Bertz CT molecular complexity index is 493. The van der Waals surface area contributed by atoms with Gasteiger partial charge >= 0.3 is 0 Å². The fourth-order valence-corrected chi connectivity index (χ4v) is 4.17. The third-order valence-corrected chi connectivity index (χ3v) is 5.20. The first-order chi connectivity index (χ1) is 9.60. The van der Waals surface area contributed by atoms with E-state index in [-0.39, 0.29) is 11.7 Å². The van der Waals surface area contributed by atoms with E-state index in [4.69, 9.17) is 10.9 Å². The summed E-state index contributed by atoms with van der Waals surface area (Å²) in [4.78, 5) is 0. The van der Waals surface area contributed by atoms with Crippen molar-refractivity contribution in [2.45, 2.75) is 43.6 Å². The van der Waals surface area contributed by atoms with Gasteiger partial charge in [0.1, 0.15) is 5.82 Å². The minimum atomic E-state index is -0.369. The summed E-state index contributed by atoms with van der Waals surface area (Å²) in [5.74, 6) is 1.16. The van der Waals surface area contributed by atoms with Crippen molar-refractivity contribution in [3.8, 4) is 0 Å². The number of hydrogen-bond acceptors (Lipinski definition) is 3. The number of nitrogens with two attached hydrogens (primary N) is 1. The first-order valence-electron chi connectivity index (χ1n) is 6.98. The molecule has 3 nitrogen and oxygen atoms in total. The van der Waals surface area contributed by atoms with E-state index in [1.165, 1.54) is 37.8 Å². The van der Waals surface area contributed by atoms with Crippen molar-refractivity contribution in [3.63, 3.8) is 0 Å². The lowest BCUT2D eigenvalue weighted by Crippen LogP contribution is -2.17. The zero-order chi connectivity index (χ0) is 14.5. The predicted molar refractivity (Wildman–Crippen MR) is 81.6 cm³/mol. The van der Waals surface area contributed by atoms with Crippen LogP contribution >= 0.6 is 11.8 Å². The number of oxime groups is 1. The summed E-state index contributed by atoms with van der Waals surface area (Å²) in [6, 6.07) is 4.48. The van der Waals surface area contributed by atoms with E-state index in [1.54, 1.807) is 6.07 Å². The predicted octanol–water partition coefficient (Wildman–Crippen LogP) is 3.73. The number of rotatable bonds is 4. The average molecular weight is 296 g/mol. The van der Waals surface area contributed by atoms with Crippen LogP contribution < -0.4 is 5.73 Å². The quantitative estimate of drug-likeness (QED) is 0.385. The third kappa shape index (κ3) is 3.88. The lowest BCUT2D eigenvalue weighted by molar-refractivity contribution is 0.318. The largest absolute Gasteiger partial charge is 0.409 e. The molecule has 1 fully saturated rings. The Morgan fingerprint density at radius 3 is 3.00 bits per heavy atom. The van der Waals surface area contributed by atoms with Crippen LogP contribution in [0, 0.1) is 11.7 Å². The molecule has 3 N–H and O–H groups in total. The van der Waals surface area contributed by atoms with Crippen LogP contribution in [-0.2, 0) is 5.75 Å². The van der Waals surface area contributed by atoms with Gasteiger partial charge in [-0.3, -0.25) is 0 Å². The molecule has 0 spiro atoms. The van der Waals surface area contributed by atoms with E-state index < -0.39 is 0 Å². The summed E-state index contributed by atoms with van der Waals surface area (Å²) >= 11 is 1.89. The molecule has 1 saturated carbocycles. The molecule has 0 radical (unpaired) electrons. The van der Waals surface area contributed by atoms with Gasteiger partial charge in [0.25, 0.3) is 0 Å². The minimum absolute atomic E-state index is 0.0305. The molecule has 0 aromatic heterocycles. The second-order valence-corrected chi connectivity index (χ2v) is 6.78. The monoisotopic (exact) mass is 296 g/mol.